The molecule has 0 aromatic rings. The van der Waals surface area contributed by atoms with Crippen LogP contribution in [0.5, 0.6) is 0 Å². The van der Waals surface area contributed by atoms with Crippen LogP contribution in [-0.2, 0) is 27.8 Å². The molecule has 0 fully saturated rings. The van der Waals surface area contributed by atoms with Gasteiger partial charge in [-0.05, 0) is 0 Å². The van der Waals surface area contributed by atoms with Crippen molar-refractivity contribution in [2.45, 2.75) is 24.8 Å². The van der Waals surface area contributed by atoms with Crippen molar-refractivity contribution in [3.63, 3.8) is 0 Å². The van der Waals surface area contributed by atoms with Gasteiger partial charge in [-0.2, -0.15) is 0 Å². The van der Waals surface area contributed by atoms with Crippen LogP contribution >= 0.6 is 17.0 Å². The quantitative estimate of drug-likeness (QED) is 0.439. The standard InChI is InChI=1S/C6H11O2.BrH.Zn/c1-3-4-5-8-6(2)7;;/h1,3-5H2,2H3;1H;. The third-order valence-corrected chi connectivity index (χ3v) is 2.00. The van der Waals surface area contributed by atoms with E-state index in [4.69, 9.17) is 4.74 Å². The SMILES string of the molecule is Br.CC(=O)OCCC[CH2][Zn]. The molecule has 10 heavy (non-hydrogen) atoms. The zero-order chi connectivity index (χ0) is 7.11. The molecule has 0 aliphatic rings. The minimum atomic E-state index is -0.165. The van der Waals surface area contributed by atoms with Crippen LogP contribution in [0.4, 0.5) is 0 Å². The van der Waals surface area contributed by atoms with Crippen LogP contribution < -0.4 is 0 Å². The zero-order valence-corrected chi connectivity index (χ0v) is 10.9. The maximum absolute atomic E-state index is 10.2. The van der Waals surface area contributed by atoms with E-state index < -0.39 is 0 Å². The molecule has 0 bridgehead atoms. The molecule has 0 atom stereocenters. The van der Waals surface area contributed by atoms with Crippen molar-refractivity contribution >= 4 is 23.0 Å². The number of rotatable bonds is 4. The predicted molar refractivity (Wildman–Crippen MR) is 41.0 cm³/mol. The fourth-order valence-electron chi connectivity index (χ4n) is 0.495. The van der Waals surface area contributed by atoms with Gasteiger partial charge in [0.05, 0.1) is 0 Å². The summed E-state index contributed by atoms with van der Waals surface area (Å²) in [4.78, 5) is 10.2. The van der Waals surface area contributed by atoms with Crippen molar-refractivity contribution in [1.82, 2.24) is 0 Å². The van der Waals surface area contributed by atoms with Crippen LogP contribution in [0.25, 0.3) is 0 Å². The Balaban J connectivity index is 0. The Hall–Kier alpha value is 0.573. The molecule has 0 unspecified atom stereocenters. The van der Waals surface area contributed by atoms with E-state index in [1.54, 1.807) is 0 Å². The number of hydrogen-bond donors (Lipinski definition) is 0. The molecular weight excluding hydrogens is 249 g/mol. The van der Waals surface area contributed by atoms with E-state index in [0.717, 1.165) is 6.42 Å². The molecule has 0 aliphatic carbocycles. The molecule has 0 saturated heterocycles. The Bertz CT molecular complexity index is 87.8. The molecule has 4 heteroatoms. The summed E-state index contributed by atoms with van der Waals surface area (Å²) in [7, 11) is 0. The van der Waals surface area contributed by atoms with Crippen molar-refractivity contribution in [2.24, 2.45) is 0 Å². The minimum absolute atomic E-state index is 0. The van der Waals surface area contributed by atoms with Gasteiger partial charge < -0.3 is 0 Å². The molecule has 2 nitrogen and oxygen atoms in total. The summed E-state index contributed by atoms with van der Waals surface area (Å²) >= 11 is 1.35. The molecule has 0 saturated carbocycles. The first-order valence-electron chi connectivity index (χ1n) is 3.20. The van der Waals surface area contributed by atoms with E-state index in [9.17, 15) is 4.79 Å². The molecule has 0 heterocycles. The normalized spacial score (nSPS) is 8.30. The number of carbonyl (C=O) groups is 1. The Morgan fingerprint density at radius 2 is 2.10 bits per heavy atom. The van der Waals surface area contributed by atoms with Gasteiger partial charge in [0.2, 0.25) is 0 Å². The second kappa shape index (κ2) is 9.57. The van der Waals surface area contributed by atoms with Crippen LogP contribution in [0.1, 0.15) is 19.8 Å². The summed E-state index contributed by atoms with van der Waals surface area (Å²) in [6.07, 6.45) is 2.23. The average molecular weight is 261 g/mol. The Kier molecular flexibility index (Phi) is 12.6. The molecule has 0 rings (SSSR count). The fraction of sp³-hybridized carbons (Fsp3) is 0.833. The van der Waals surface area contributed by atoms with E-state index >= 15 is 0 Å². The van der Waals surface area contributed by atoms with E-state index in [1.165, 1.54) is 36.7 Å². The summed E-state index contributed by atoms with van der Waals surface area (Å²) in [5.41, 5.74) is 0. The third kappa shape index (κ3) is 11.4. The molecular formula is C6H12BrO2Zn. The van der Waals surface area contributed by atoms with Crippen molar-refractivity contribution < 1.29 is 27.8 Å². The van der Waals surface area contributed by atoms with Gasteiger partial charge in [-0.3, -0.25) is 0 Å². The topological polar surface area (TPSA) is 26.3 Å². The van der Waals surface area contributed by atoms with Crippen LogP contribution in [0.2, 0.25) is 5.02 Å². The van der Waals surface area contributed by atoms with Crippen LogP contribution in [-0.4, -0.2) is 12.6 Å². The molecule has 57 valence electrons. The van der Waals surface area contributed by atoms with Gasteiger partial charge in [0.15, 0.2) is 0 Å². The summed E-state index contributed by atoms with van der Waals surface area (Å²) in [5, 5.41) is 1.29. The molecule has 0 aromatic heterocycles. The Labute approximate surface area is 82.2 Å². The maximum atomic E-state index is 10.2. The predicted octanol–water partition coefficient (Wildman–Crippen LogP) is 1.87. The van der Waals surface area contributed by atoms with Crippen molar-refractivity contribution in [1.29, 1.82) is 0 Å². The number of hydrogen-bond acceptors (Lipinski definition) is 2. The summed E-state index contributed by atoms with van der Waals surface area (Å²) in [6.45, 7) is 2.05. The van der Waals surface area contributed by atoms with Crippen LogP contribution in [0.15, 0.2) is 0 Å². The second-order valence-corrected chi connectivity index (χ2v) is 3.38. The second-order valence-electron chi connectivity index (χ2n) is 1.90. The van der Waals surface area contributed by atoms with Gasteiger partial charge in [0.25, 0.3) is 0 Å². The summed E-state index contributed by atoms with van der Waals surface area (Å²) < 4.78 is 4.72. The van der Waals surface area contributed by atoms with E-state index in [-0.39, 0.29) is 23.0 Å². The molecule has 0 aromatic carbocycles. The summed E-state index contributed by atoms with van der Waals surface area (Å²) in [6, 6.07) is 0. The third-order valence-electron chi connectivity index (χ3n) is 0.950. The number of ether oxygens (including phenoxy) is 1. The van der Waals surface area contributed by atoms with Gasteiger partial charge in [0.1, 0.15) is 0 Å². The van der Waals surface area contributed by atoms with Crippen LogP contribution in [0, 0.1) is 0 Å². The molecule has 0 N–H and O–H groups in total. The monoisotopic (exact) mass is 259 g/mol. The van der Waals surface area contributed by atoms with Crippen LogP contribution in [0.3, 0.4) is 0 Å². The number of carbonyl (C=O) groups excluding carboxylic acids is 1. The molecule has 0 aliphatic heterocycles. The first-order chi connectivity index (χ1) is 4.27. The van der Waals surface area contributed by atoms with Gasteiger partial charge >= 0.3 is 65.2 Å². The van der Waals surface area contributed by atoms with Crippen molar-refractivity contribution in [3.05, 3.63) is 0 Å². The van der Waals surface area contributed by atoms with Crippen molar-refractivity contribution in [2.75, 3.05) is 6.61 Å². The first kappa shape index (κ1) is 13.2. The number of halogens is 1. The van der Waals surface area contributed by atoms with Gasteiger partial charge in [-0.15, -0.1) is 17.0 Å². The van der Waals surface area contributed by atoms with Gasteiger partial charge in [0, 0.05) is 0 Å². The van der Waals surface area contributed by atoms with E-state index in [0.29, 0.717) is 6.61 Å². The Morgan fingerprint density at radius 3 is 2.50 bits per heavy atom. The molecule has 0 spiro atoms. The number of esters is 1. The zero-order valence-electron chi connectivity index (χ0n) is 6.26. The average Bonchev–Trinajstić information content (AvgIpc) is 1.80. The van der Waals surface area contributed by atoms with Gasteiger partial charge in [-0.25, -0.2) is 0 Å². The molecule has 0 radical (unpaired) electrons. The summed E-state index contributed by atoms with van der Waals surface area (Å²) in [5.74, 6) is -0.165. The van der Waals surface area contributed by atoms with Crippen molar-refractivity contribution in [3.8, 4) is 0 Å². The van der Waals surface area contributed by atoms with Gasteiger partial charge in [-0.1, -0.05) is 0 Å². The molecule has 0 amide bonds. The Morgan fingerprint density at radius 1 is 1.50 bits per heavy atom. The first-order valence-corrected chi connectivity index (χ1v) is 5.29. The van der Waals surface area contributed by atoms with E-state index in [2.05, 4.69) is 0 Å². The number of unbranched alkanes of at least 4 members (excludes halogenated alkanes) is 1. The van der Waals surface area contributed by atoms with E-state index in [1.807, 2.05) is 0 Å². The fourth-order valence-corrected chi connectivity index (χ4v) is 1.24.